The van der Waals surface area contributed by atoms with Crippen molar-refractivity contribution in [3.63, 3.8) is 0 Å². The van der Waals surface area contributed by atoms with Gasteiger partial charge >= 0.3 is 0 Å². The molecule has 35 heavy (non-hydrogen) atoms. The molecule has 0 aliphatic heterocycles. The molecule has 0 saturated heterocycles. The zero-order valence-corrected chi connectivity index (χ0v) is 20.9. The third kappa shape index (κ3) is 4.59. The van der Waals surface area contributed by atoms with Gasteiger partial charge in [0.1, 0.15) is 11.5 Å². The van der Waals surface area contributed by atoms with Gasteiger partial charge in [-0.05, 0) is 56.9 Å². The van der Waals surface area contributed by atoms with Crippen LogP contribution in [-0.2, 0) is 0 Å². The second kappa shape index (κ2) is 9.50. The Labute approximate surface area is 211 Å². The SMILES string of the molecule is Cc1cccc(-c2nn3c(NC4CCCC4)cc(Cl)cc3c2-c2ccnc(NC3CCCC3)n2)c1. The Morgan fingerprint density at radius 2 is 1.66 bits per heavy atom. The Balaban J connectivity index is 1.51. The summed E-state index contributed by atoms with van der Waals surface area (Å²) in [6, 6.07) is 15.3. The van der Waals surface area contributed by atoms with Crippen LogP contribution >= 0.6 is 11.6 Å². The van der Waals surface area contributed by atoms with E-state index in [-0.39, 0.29) is 0 Å². The standard InChI is InChI=1S/C28H31ClN6/c1-18-7-6-8-19(15-18)27-26(23-13-14-30-28(33-23)32-22-11-4-5-12-22)24-16-20(29)17-25(35(24)34-27)31-21-9-2-3-10-21/h6-8,13-17,21-22,31H,2-5,9-12H2,1H3,(H,30,32,33). The molecule has 2 N–H and O–H groups in total. The van der Waals surface area contributed by atoms with E-state index in [0.717, 1.165) is 33.8 Å². The molecule has 0 atom stereocenters. The largest absolute Gasteiger partial charge is 0.367 e. The van der Waals surface area contributed by atoms with Crippen LogP contribution in [0.1, 0.15) is 56.9 Å². The predicted octanol–water partition coefficient (Wildman–Crippen LogP) is 7.13. The van der Waals surface area contributed by atoms with Crippen molar-refractivity contribution in [3.8, 4) is 22.5 Å². The molecule has 7 heteroatoms. The van der Waals surface area contributed by atoms with Gasteiger partial charge in [0, 0.05) is 28.9 Å². The number of hydrogen-bond donors (Lipinski definition) is 2. The highest BCUT2D eigenvalue weighted by Crippen LogP contribution is 2.38. The Kier molecular flexibility index (Phi) is 6.06. The van der Waals surface area contributed by atoms with Gasteiger partial charge in [-0.15, -0.1) is 0 Å². The summed E-state index contributed by atoms with van der Waals surface area (Å²) < 4.78 is 2.00. The molecule has 0 unspecified atom stereocenters. The maximum Gasteiger partial charge on any atom is 0.223 e. The molecule has 1 aromatic carbocycles. The number of aryl methyl sites for hydroxylation is 1. The zero-order chi connectivity index (χ0) is 23.8. The molecule has 2 aliphatic rings. The first-order valence-electron chi connectivity index (χ1n) is 12.8. The Hall–Kier alpha value is -3.12. The maximum atomic E-state index is 6.67. The fourth-order valence-corrected chi connectivity index (χ4v) is 5.77. The van der Waals surface area contributed by atoms with Crippen molar-refractivity contribution in [1.29, 1.82) is 0 Å². The van der Waals surface area contributed by atoms with Crippen LogP contribution in [0.5, 0.6) is 0 Å². The number of hydrogen-bond acceptors (Lipinski definition) is 5. The van der Waals surface area contributed by atoms with Gasteiger partial charge in [-0.1, -0.05) is 61.0 Å². The van der Waals surface area contributed by atoms with E-state index >= 15 is 0 Å². The molecular weight excluding hydrogens is 456 g/mol. The number of halogens is 1. The molecule has 2 aliphatic carbocycles. The van der Waals surface area contributed by atoms with Crippen molar-refractivity contribution in [2.24, 2.45) is 0 Å². The van der Waals surface area contributed by atoms with Crippen LogP contribution < -0.4 is 10.6 Å². The summed E-state index contributed by atoms with van der Waals surface area (Å²) in [5, 5.41) is 13.1. The normalized spacial score (nSPS) is 16.9. The number of aromatic nitrogens is 4. The quantitative estimate of drug-likeness (QED) is 0.303. The molecule has 3 heterocycles. The predicted molar refractivity (Wildman–Crippen MR) is 143 cm³/mol. The van der Waals surface area contributed by atoms with Crippen molar-refractivity contribution in [3.05, 3.63) is 59.2 Å². The summed E-state index contributed by atoms with van der Waals surface area (Å²) in [7, 11) is 0. The molecule has 6 nitrogen and oxygen atoms in total. The summed E-state index contributed by atoms with van der Waals surface area (Å²) in [6.45, 7) is 2.11. The van der Waals surface area contributed by atoms with Gasteiger partial charge in [0.15, 0.2) is 0 Å². The summed E-state index contributed by atoms with van der Waals surface area (Å²) >= 11 is 6.67. The number of nitrogens with one attached hydrogen (secondary N) is 2. The number of nitrogens with zero attached hydrogens (tertiary/aromatic N) is 4. The van der Waals surface area contributed by atoms with Crippen molar-refractivity contribution in [1.82, 2.24) is 19.6 Å². The highest BCUT2D eigenvalue weighted by Gasteiger charge is 2.23. The summed E-state index contributed by atoms with van der Waals surface area (Å²) in [5.41, 5.74) is 5.93. The van der Waals surface area contributed by atoms with Crippen LogP contribution in [0.25, 0.3) is 28.0 Å². The molecule has 2 saturated carbocycles. The highest BCUT2D eigenvalue weighted by atomic mass is 35.5. The number of pyridine rings is 1. The van der Waals surface area contributed by atoms with Gasteiger partial charge in [-0.2, -0.15) is 5.10 Å². The lowest BCUT2D eigenvalue weighted by Crippen LogP contribution is -2.17. The summed E-state index contributed by atoms with van der Waals surface area (Å²) in [6.07, 6.45) is 11.6. The average Bonchev–Trinajstić information content (AvgIpc) is 3.61. The van der Waals surface area contributed by atoms with Crippen LogP contribution in [0.2, 0.25) is 5.02 Å². The van der Waals surface area contributed by atoms with Crippen molar-refractivity contribution in [2.45, 2.75) is 70.4 Å². The van der Waals surface area contributed by atoms with E-state index < -0.39 is 0 Å². The minimum atomic E-state index is 0.446. The minimum Gasteiger partial charge on any atom is -0.367 e. The molecule has 0 amide bonds. The van der Waals surface area contributed by atoms with E-state index in [1.54, 1.807) is 0 Å². The Bertz CT molecular complexity index is 1350. The van der Waals surface area contributed by atoms with Crippen LogP contribution in [0.3, 0.4) is 0 Å². The first kappa shape index (κ1) is 22.4. The molecule has 4 aromatic rings. The van der Waals surface area contributed by atoms with Crippen LogP contribution in [0.15, 0.2) is 48.7 Å². The van der Waals surface area contributed by atoms with Crippen LogP contribution in [0.4, 0.5) is 11.8 Å². The van der Waals surface area contributed by atoms with E-state index in [0.29, 0.717) is 23.1 Å². The molecular formula is C28H31ClN6. The molecule has 6 rings (SSSR count). The van der Waals surface area contributed by atoms with Crippen LogP contribution in [-0.4, -0.2) is 31.7 Å². The number of anilines is 2. The van der Waals surface area contributed by atoms with E-state index in [2.05, 4.69) is 46.8 Å². The highest BCUT2D eigenvalue weighted by molar-refractivity contribution is 6.31. The summed E-state index contributed by atoms with van der Waals surface area (Å²) in [4.78, 5) is 9.49. The first-order valence-corrected chi connectivity index (χ1v) is 13.2. The topological polar surface area (TPSA) is 67.1 Å². The van der Waals surface area contributed by atoms with E-state index in [1.807, 2.05) is 28.9 Å². The molecule has 0 spiro atoms. The maximum absolute atomic E-state index is 6.67. The van der Waals surface area contributed by atoms with Gasteiger partial charge in [0.2, 0.25) is 5.95 Å². The zero-order valence-electron chi connectivity index (χ0n) is 20.1. The fraction of sp³-hybridized carbons (Fsp3) is 0.393. The monoisotopic (exact) mass is 486 g/mol. The number of benzene rings is 1. The van der Waals surface area contributed by atoms with Crippen molar-refractivity contribution in [2.75, 3.05) is 10.6 Å². The molecule has 0 bridgehead atoms. The van der Waals surface area contributed by atoms with E-state index in [1.165, 1.54) is 56.9 Å². The number of fused-ring (bicyclic) bond motifs is 1. The second-order valence-corrected chi connectivity index (χ2v) is 10.4. The van der Waals surface area contributed by atoms with Crippen LogP contribution in [0, 0.1) is 6.92 Å². The lowest BCUT2D eigenvalue weighted by Gasteiger charge is -2.15. The van der Waals surface area contributed by atoms with Crippen molar-refractivity contribution < 1.29 is 0 Å². The lowest BCUT2D eigenvalue weighted by atomic mass is 10.0. The van der Waals surface area contributed by atoms with Gasteiger partial charge < -0.3 is 10.6 Å². The van der Waals surface area contributed by atoms with Gasteiger partial charge in [-0.25, -0.2) is 14.5 Å². The fourth-order valence-electron chi connectivity index (χ4n) is 5.56. The first-order chi connectivity index (χ1) is 17.1. The Morgan fingerprint density at radius 3 is 2.40 bits per heavy atom. The number of rotatable bonds is 6. The third-order valence-corrected chi connectivity index (χ3v) is 7.52. The van der Waals surface area contributed by atoms with Gasteiger partial charge in [0.05, 0.1) is 16.8 Å². The third-order valence-electron chi connectivity index (χ3n) is 7.30. The van der Waals surface area contributed by atoms with E-state index in [9.17, 15) is 0 Å². The smallest absolute Gasteiger partial charge is 0.223 e. The van der Waals surface area contributed by atoms with Crippen molar-refractivity contribution >= 4 is 28.9 Å². The lowest BCUT2D eigenvalue weighted by molar-refractivity contribution is 0.742. The summed E-state index contributed by atoms with van der Waals surface area (Å²) in [5.74, 6) is 1.60. The minimum absolute atomic E-state index is 0.446. The second-order valence-electron chi connectivity index (χ2n) is 9.97. The molecule has 2 fully saturated rings. The Morgan fingerprint density at radius 1 is 0.914 bits per heavy atom. The molecule has 3 aromatic heterocycles. The van der Waals surface area contributed by atoms with Gasteiger partial charge in [0.25, 0.3) is 0 Å². The van der Waals surface area contributed by atoms with E-state index in [4.69, 9.17) is 21.7 Å². The molecule has 0 radical (unpaired) electrons. The average molecular weight is 487 g/mol. The molecule has 180 valence electrons. The van der Waals surface area contributed by atoms with Gasteiger partial charge in [-0.3, -0.25) is 0 Å².